The van der Waals surface area contributed by atoms with Gasteiger partial charge < -0.3 is 11.1 Å². The molecular weight excluding hydrogens is 260 g/mol. The van der Waals surface area contributed by atoms with Crippen molar-refractivity contribution in [1.82, 2.24) is 5.32 Å². The molecule has 0 aliphatic heterocycles. The minimum Gasteiger partial charge on any atom is -0.353 e. The van der Waals surface area contributed by atoms with Gasteiger partial charge in [-0.15, -0.1) is 0 Å². The maximum atomic E-state index is 12.3. The molecule has 21 heavy (non-hydrogen) atoms. The Hall–Kier alpha value is -1.35. The van der Waals surface area contributed by atoms with Crippen LogP contribution in [0.25, 0.3) is 0 Å². The Kier molecular flexibility index (Phi) is 4.29. The third-order valence-corrected chi connectivity index (χ3v) is 5.25. The quantitative estimate of drug-likeness (QED) is 0.874. The number of hydrogen-bond donors (Lipinski definition) is 2. The number of rotatable bonds is 5. The first kappa shape index (κ1) is 14.6. The summed E-state index contributed by atoms with van der Waals surface area (Å²) in [4.78, 5) is 12.3. The number of hydrogen-bond acceptors (Lipinski definition) is 2. The van der Waals surface area contributed by atoms with E-state index in [0.29, 0.717) is 24.9 Å². The van der Waals surface area contributed by atoms with Crippen molar-refractivity contribution >= 4 is 5.91 Å². The third-order valence-electron chi connectivity index (χ3n) is 5.25. The topological polar surface area (TPSA) is 55.1 Å². The number of amides is 1. The summed E-state index contributed by atoms with van der Waals surface area (Å²) in [6.07, 6.45) is 7.66. The second kappa shape index (κ2) is 6.18. The Morgan fingerprint density at radius 3 is 2.57 bits per heavy atom. The van der Waals surface area contributed by atoms with Crippen molar-refractivity contribution in [3.63, 3.8) is 0 Å². The van der Waals surface area contributed by atoms with E-state index in [1.54, 1.807) is 0 Å². The van der Waals surface area contributed by atoms with Crippen LogP contribution in [0.2, 0.25) is 0 Å². The number of nitrogens with one attached hydrogen (secondary N) is 1. The van der Waals surface area contributed by atoms with E-state index in [9.17, 15) is 4.79 Å². The van der Waals surface area contributed by atoms with Gasteiger partial charge in [0.15, 0.2) is 0 Å². The molecule has 3 heteroatoms. The van der Waals surface area contributed by atoms with E-state index in [1.807, 2.05) is 6.07 Å². The van der Waals surface area contributed by atoms with Crippen LogP contribution in [-0.2, 0) is 4.79 Å². The summed E-state index contributed by atoms with van der Waals surface area (Å²) in [5.74, 6) is 0.709. The fraction of sp³-hybridized carbons (Fsp3) is 0.611. The SMILES string of the molecule is NCC1(CC(=O)NC2CC2c2ccccc2)CCCCC1. The van der Waals surface area contributed by atoms with E-state index in [0.717, 1.165) is 19.3 Å². The van der Waals surface area contributed by atoms with Gasteiger partial charge in [0.2, 0.25) is 5.91 Å². The Bertz CT molecular complexity index is 479. The molecule has 3 rings (SSSR count). The van der Waals surface area contributed by atoms with Gasteiger partial charge in [-0.1, -0.05) is 49.6 Å². The van der Waals surface area contributed by atoms with Gasteiger partial charge in [-0.3, -0.25) is 4.79 Å². The Morgan fingerprint density at radius 2 is 1.90 bits per heavy atom. The number of nitrogens with two attached hydrogens (primary N) is 1. The van der Waals surface area contributed by atoms with Crippen LogP contribution in [0.1, 0.15) is 56.4 Å². The van der Waals surface area contributed by atoms with Crippen LogP contribution in [-0.4, -0.2) is 18.5 Å². The van der Waals surface area contributed by atoms with Crippen molar-refractivity contribution in [2.75, 3.05) is 6.54 Å². The fourth-order valence-electron chi connectivity index (χ4n) is 3.78. The smallest absolute Gasteiger partial charge is 0.220 e. The molecule has 1 aromatic rings. The average molecular weight is 286 g/mol. The molecule has 2 aliphatic rings. The van der Waals surface area contributed by atoms with E-state index < -0.39 is 0 Å². The molecule has 0 bridgehead atoms. The zero-order valence-electron chi connectivity index (χ0n) is 12.7. The predicted molar refractivity (Wildman–Crippen MR) is 84.9 cm³/mol. The largest absolute Gasteiger partial charge is 0.353 e. The molecule has 2 saturated carbocycles. The second-order valence-corrected chi connectivity index (χ2v) is 6.87. The van der Waals surface area contributed by atoms with E-state index in [1.165, 1.54) is 24.8 Å². The minimum atomic E-state index is 0.0689. The van der Waals surface area contributed by atoms with Crippen LogP contribution in [0.4, 0.5) is 0 Å². The lowest BCUT2D eigenvalue weighted by atomic mass is 9.71. The Morgan fingerprint density at radius 1 is 1.19 bits per heavy atom. The third kappa shape index (κ3) is 3.46. The van der Waals surface area contributed by atoms with Crippen LogP contribution in [0.3, 0.4) is 0 Å². The molecule has 1 aromatic carbocycles. The van der Waals surface area contributed by atoms with Gasteiger partial charge in [-0.2, -0.15) is 0 Å². The monoisotopic (exact) mass is 286 g/mol. The summed E-state index contributed by atoms with van der Waals surface area (Å²) in [6.45, 7) is 0.646. The zero-order valence-corrected chi connectivity index (χ0v) is 12.7. The molecule has 0 saturated heterocycles. The van der Waals surface area contributed by atoms with Crippen molar-refractivity contribution in [2.24, 2.45) is 11.1 Å². The summed E-state index contributed by atoms with van der Waals surface area (Å²) in [5.41, 5.74) is 7.38. The summed E-state index contributed by atoms with van der Waals surface area (Å²) in [7, 11) is 0. The molecule has 3 nitrogen and oxygen atoms in total. The molecule has 3 N–H and O–H groups in total. The van der Waals surface area contributed by atoms with Crippen molar-refractivity contribution < 1.29 is 4.79 Å². The lowest BCUT2D eigenvalue weighted by Crippen LogP contribution is -2.39. The molecule has 0 spiro atoms. The maximum Gasteiger partial charge on any atom is 0.220 e. The van der Waals surface area contributed by atoms with Gasteiger partial charge in [-0.25, -0.2) is 0 Å². The molecule has 0 heterocycles. The molecule has 2 unspecified atom stereocenters. The van der Waals surface area contributed by atoms with E-state index in [2.05, 4.69) is 29.6 Å². The number of carbonyl (C=O) groups is 1. The van der Waals surface area contributed by atoms with Gasteiger partial charge in [-0.05, 0) is 36.8 Å². The van der Waals surface area contributed by atoms with Crippen LogP contribution in [0.15, 0.2) is 30.3 Å². The van der Waals surface area contributed by atoms with Crippen molar-refractivity contribution in [1.29, 1.82) is 0 Å². The first-order chi connectivity index (χ1) is 10.2. The lowest BCUT2D eigenvalue weighted by Gasteiger charge is -2.35. The van der Waals surface area contributed by atoms with Crippen molar-refractivity contribution in [2.45, 2.75) is 56.9 Å². The first-order valence-electron chi connectivity index (χ1n) is 8.27. The molecule has 2 aliphatic carbocycles. The Labute approximate surface area is 127 Å². The fourth-order valence-corrected chi connectivity index (χ4v) is 3.78. The lowest BCUT2D eigenvalue weighted by molar-refractivity contribution is -0.124. The average Bonchev–Trinajstić information content (AvgIpc) is 3.28. The molecule has 0 radical (unpaired) electrons. The van der Waals surface area contributed by atoms with Crippen LogP contribution >= 0.6 is 0 Å². The minimum absolute atomic E-state index is 0.0689. The maximum absolute atomic E-state index is 12.3. The highest BCUT2D eigenvalue weighted by molar-refractivity contribution is 5.77. The molecule has 2 fully saturated rings. The van der Waals surface area contributed by atoms with E-state index in [-0.39, 0.29) is 11.3 Å². The molecule has 2 atom stereocenters. The van der Waals surface area contributed by atoms with Crippen LogP contribution in [0, 0.1) is 5.41 Å². The molecule has 114 valence electrons. The summed E-state index contributed by atoms with van der Waals surface area (Å²) < 4.78 is 0. The zero-order chi connectivity index (χ0) is 14.7. The van der Waals surface area contributed by atoms with Crippen LogP contribution in [0.5, 0.6) is 0 Å². The molecular formula is C18H26N2O. The van der Waals surface area contributed by atoms with Gasteiger partial charge >= 0.3 is 0 Å². The van der Waals surface area contributed by atoms with Crippen LogP contribution < -0.4 is 11.1 Å². The molecule has 1 amide bonds. The van der Waals surface area contributed by atoms with E-state index in [4.69, 9.17) is 5.73 Å². The molecule has 0 aromatic heterocycles. The highest BCUT2D eigenvalue weighted by Crippen LogP contribution is 2.42. The number of carbonyl (C=O) groups excluding carboxylic acids is 1. The first-order valence-corrected chi connectivity index (χ1v) is 8.27. The van der Waals surface area contributed by atoms with Gasteiger partial charge in [0, 0.05) is 18.4 Å². The second-order valence-electron chi connectivity index (χ2n) is 6.87. The highest BCUT2D eigenvalue weighted by Gasteiger charge is 2.41. The summed E-state index contributed by atoms with van der Waals surface area (Å²) >= 11 is 0. The van der Waals surface area contributed by atoms with Crippen molar-refractivity contribution in [3.8, 4) is 0 Å². The van der Waals surface area contributed by atoms with Gasteiger partial charge in [0.25, 0.3) is 0 Å². The van der Waals surface area contributed by atoms with Crippen molar-refractivity contribution in [3.05, 3.63) is 35.9 Å². The standard InChI is InChI=1S/C18H26N2O/c19-13-18(9-5-2-6-10-18)12-17(21)20-16-11-15(16)14-7-3-1-4-8-14/h1,3-4,7-8,15-16H,2,5-6,9-13,19H2,(H,20,21). The normalized spacial score (nSPS) is 27.1. The highest BCUT2D eigenvalue weighted by atomic mass is 16.1. The van der Waals surface area contributed by atoms with Gasteiger partial charge in [0.05, 0.1) is 0 Å². The predicted octanol–water partition coefficient (Wildman–Crippen LogP) is 2.96. The summed E-state index contributed by atoms with van der Waals surface area (Å²) in [5, 5.41) is 3.21. The van der Waals surface area contributed by atoms with Gasteiger partial charge in [0.1, 0.15) is 0 Å². The summed E-state index contributed by atoms with van der Waals surface area (Å²) in [6, 6.07) is 10.8. The Balaban J connectivity index is 1.51. The van der Waals surface area contributed by atoms with E-state index >= 15 is 0 Å². The number of benzene rings is 1.